The highest BCUT2D eigenvalue weighted by molar-refractivity contribution is 7.07. The molecule has 3 rings (SSSR count). The summed E-state index contributed by atoms with van der Waals surface area (Å²) in [5.41, 5.74) is 0.0347. The van der Waals surface area contributed by atoms with Gasteiger partial charge in [0.05, 0.1) is 7.11 Å². The molecule has 0 spiro atoms. The van der Waals surface area contributed by atoms with Crippen LogP contribution in [-0.2, 0) is 0 Å². The number of carbonyl (C=O) groups is 1. The fourth-order valence-corrected chi connectivity index (χ4v) is 2.42. The van der Waals surface area contributed by atoms with E-state index >= 15 is 0 Å². The van der Waals surface area contributed by atoms with Crippen LogP contribution in [0.4, 0.5) is 0 Å². The first-order valence-corrected chi connectivity index (χ1v) is 6.88. The molecule has 0 saturated heterocycles. The number of rotatable bonds is 5. The van der Waals surface area contributed by atoms with Crippen LogP contribution in [-0.4, -0.2) is 27.5 Å². The molecule has 0 aliphatic heterocycles. The van der Waals surface area contributed by atoms with Crippen LogP contribution in [0.15, 0.2) is 18.2 Å². The normalized spacial score (nSPS) is 14.1. The smallest absolute Gasteiger partial charge is 0.339 e. The number of hydrogen-bond acceptors (Lipinski definition) is 6. The van der Waals surface area contributed by atoms with Gasteiger partial charge in [-0.15, -0.1) is 0 Å². The molecule has 1 fully saturated rings. The maximum Gasteiger partial charge on any atom is 0.339 e. The number of ether oxygens (including phenoxy) is 2. The van der Waals surface area contributed by atoms with Crippen LogP contribution in [0, 0.1) is 0 Å². The summed E-state index contributed by atoms with van der Waals surface area (Å²) in [7, 11) is 1.46. The number of para-hydroxylation sites is 1. The number of carboxylic acid groups (broad SMARTS) is 1. The van der Waals surface area contributed by atoms with E-state index in [1.165, 1.54) is 13.2 Å². The summed E-state index contributed by atoms with van der Waals surface area (Å²) in [6.45, 7) is 0. The molecule has 0 unspecified atom stereocenters. The highest BCUT2D eigenvalue weighted by Crippen LogP contribution is 2.41. The molecule has 1 aliphatic carbocycles. The first-order valence-electron chi connectivity index (χ1n) is 6.11. The number of aromatic nitrogens is 2. The van der Waals surface area contributed by atoms with Crippen molar-refractivity contribution in [2.24, 2.45) is 0 Å². The largest absolute Gasteiger partial charge is 0.493 e. The quantitative estimate of drug-likeness (QED) is 0.912. The molecule has 0 amide bonds. The highest BCUT2D eigenvalue weighted by Gasteiger charge is 2.28. The minimum Gasteiger partial charge on any atom is -0.493 e. The van der Waals surface area contributed by atoms with Crippen molar-refractivity contribution in [1.29, 1.82) is 0 Å². The molecular formula is C13H12N2O4S. The maximum absolute atomic E-state index is 11.2. The lowest BCUT2D eigenvalue weighted by molar-refractivity contribution is 0.0693. The molecule has 7 heteroatoms. The Morgan fingerprint density at radius 2 is 2.25 bits per heavy atom. The predicted molar refractivity (Wildman–Crippen MR) is 71.9 cm³/mol. The Morgan fingerprint density at radius 3 is 2.90 bits per heavy atom. The van der Waals surface area contributed by atoms with Crippen molar-refractivity contribution >= 4 is 17.5 Å². The molecule has 104 valence electrons. The van der Waals surface area contributed by atoms with Gasteiger partial charge < -0.3 is 14.6 Å². The van der Waals surface area contributed by atoms with Crippen LogP contribution in [0.1, 0.15) is 34.9 Å². The van der Waals surface area contributed by atoms with Crippen molar-refractivity contribution in [3.63, 3.8) is 0 Å². The molecule has 1 N–H and O–H groups in total. The lowest BCUT2D eigenvalue weighted by atomic mass is 10.2. The second-order valence-electron chi connectivity index (χ2n) is 4.44. The second kappa shape index (κ2) is 5.09. The van der Waals surface area contributed by atoms with Crippen LogP contribution in [0.25, 0.3) is 0 Å². The number of benzene rings is 1. The lowest BCUT2D eigenvalue weighted by Crippen LogP contribution is -2.01. The van der Waals surface area contributed by atoms with Gasteiger partial charge in [-0.25, -0.2) is 4.79 Å². The zero-order valence-corrected chi connectivity index (χ0v) is 11.5. The van der Waals surface area contributed by atoms with Gasteiger partial charge in [-0.2, -0.15) is 9.36 Å². The molecule has 2 aromatic rings. The van der Waals surface area contributed by atoms with E-state index in [0.717, 1.165) is 30.2 Å². The van der Waals surface area contributed by atoms with Crippen molar-refractivity contribution in [2.75, 3.05) is 7.11 Å². The van der Waals surface area contributed by atoms with Crippen LogP contribution >= 0.6 is 11.5 Å². The number of aromatic carboxylic acids is 1. The van der Waals surface area contributed by atoms with E-state index in [9.17, 15) is 9.90 Å². The molecule has 0 bridgehead atoms. The number of hydrogen-bond donors (Lipinski definition) is 1. The van der Waals surface area contributed by atoms with Crippen molar-refractivity contribution in [3.8, 4) is 16.7 Å². The first-order chi connectivity index (χ1) is 9.69. The van der Waals surface area contributed by atoms with Gasteiger partial charge in [0.15, 0.2) is 11.5 Å². The van der Waals surface area contributed by atoms with Gasteiger partial charge in [-0.1, -0.05) is 6.07 Å². The average Bonchev–Trinajstić information content (AvgIpc) is 3.19. The maximum atomic E-state index is 11.2. The van der Waals surface area contributed by atoms with E-state index < -0.39 is 5.97 Å². The van der Waals surface area contributed by atoms with Crippen molar-refractivity contribution in [1.82, 2.24) is 9.36 Å². The standard InChI is InChI=1S/C13H12N2O4S/c1-18-9-4-2-3-8(12(16)17)10(9)19-13-14-11(15-20-13)7-5-6-7/h2-4,7H,5-6H2,1H3,(H,16,17). The molecule has 1 heterocycles. The first kappa shape index (κ1) is 12.9. The predicted octanol–water partition coefficient (Wildman–Crippen LogP) is 2.91. The van der Waals surface area contributed by atoms with E-state index in [2.05, 4.69) is 9.36 Å². The Balaban J connectivity index is 1.93. The molecule has 1 aromatic heterocycles. The summed E-state index contributed by atoms with van der Waals surface area (Å²) in [5, 5.41) is 9.53. The van der Waals surface area contributed by atoms with Crippen LogP contribution in [0.2, 0.25) is 0 Å². The SMILES string of the molecule is COc1cccc(C(=O)O)c1Oc1nc(C2CC2)ns1. The topological polar surface area (TPSA) is 81.5 Å². The Hall–Kier alpha value is -2.15. The third-order valence-corrected chi connectivity index (χ3v) is 3.59. The van der Waals surface area contributed by atoms with Crippen LogP contribution < -0.4 is 9.47 Å². The third-order valence-electron chi connectivity index (χ3n) is 2.98. The molecule has 1 saturated carbocycles. The Bertz CT molecular complexity index is 652. The molecule has 20 heavy (non-hydrogen) atoms. The van der Waals surface area contributed by atoms with E-state index in [-0.39, 0.29) is 11.3 Å². The summed E-state index contributed by atoms with van der Waals surface area (Å²) in [6, 6.07) is 4.71. The van der Waals surface area contributed by atoms with Gasteiger partial charge in [0.25, 0.3) is 5.19 Å². The summed E-state index contributed by atoms with van der Waals surface area (Å²) >= 11 is 1.12. The molecule has 0 atom stereocenters. The molecule has 1 aliphatic rings. The number of nitrogens with zero attached hydrogens (tertiary/aromatic N) is 2. The average molecular weight is 292 g/mol. The van der Waals surface area contributed by atoms with Gasteiger partial charge in [-0.05, 0) is 25.0 Å². The van der Waals surface area contributed by atoms with Crippen molar-refractivity contribution < 1.29 is 19.4 Å². The van der Waals surface area contributed by atoms with E-state index in [0.29, 0.717) is 16.9 Å². The molecule has 1 aromatic carbocycles. The van der Waals surface area contributed by atoms with Crippen molar-refractivity contribution in [3.05, 3.63) is 29.6 Å². The molecule has 0 radical (unpaired) electrons. The lowest BCUT2D eigenvalue weighted by Gasteiger charge is -2.10. The molecular weight excluding hydrogens is 280 g/mol. The van der Waals surface area contributed by atoms with Crippen LogP contribution in [0.3, 0.4) is 0 Å². The summed E-state index contributed by atoms with van der Waals surface area (Å²) in [6.07, 6.45) is 2.20. The Labute approximate surface area is 119 Å². The van der Waals surface area contributed by atoms with Gasteiger partial charge >= 0.3 is 5.97 Å². The summed E-state index contributed by atoms with van der Waals surface area (Å²) in [5.74, 6) is 0.636. The second-order valence-corrected chi connectivity index (χ2v) is 5.15. The van der Waals surface area contributed by atoms with Crippen LogP contribution in [0.5, 0.6) is 16.7 Å². The van der Waals surface area contributed by atoms with Gasteiger partial charge in [-0.3, -0.25) is 0 Å². The monoisotopic (exact) mass is 292 g/mol. The van der Waals surface area contributed by atoms with Crippen molar-refractivity contribution in [2.45, 2.75) is 18.8 Å². The fourth-order valence-electron chi connectivity index (χ4n) is 1.81. The fraction of sp³-hybridized carbons (Fsp3) is 0.308. The summed E-state index contributed by atoms with van der Waals surface area (Å²) < 4.78 is 15.0. The zero-order chi connectivity index (χ0) is 14.1. The van der Waals surface area contributed by atoms with E-state index in [1.807, 2.05) is 0 Å². The van der Waals surface area contributed by atoms with E-state index in [4.69, 9.17) is 9.47 Å². The third kappa shape index (κ3) is 2.44. The summed E-state index contributed by atoms with van der Waals surface area (Å²) in [4.78, 5) is 15.5. The van der Waals surface area contributed by atoms with E-state index in [1.54, 1.807) is 12.1 Å². The van der Waals surface area contributed by atoms with Gasteiger partial charge in [0, 0.05) is 17.5 Å². The minimum absolute atomic E-state index is 0.0347. The Morgan fingerprint density at radius 1 is 1.45 bits per heavy atom. The van der Waals surface area contributed by atoms with Gasteiger partial charge in [0.1, 0.15) is 11.4 Å². The molecule has 6 nitrogen and oxygen atoms in total. The van der Waals surface area contributed by atoms with Gasteiger partial charge in [0.2, 0.25) is 0 Å². The minimum atomic E-state index is -1.08. The Kier molecular flexibility index (Phi) is 3.27. The number of methoxy groups -OCH3 is 1. The number of carboxylic acids is 1. The zero-order valence-electron chi connectivity index (χ0n) is 10.7. The highest BCUT2D eigenvalue weighted by atomic mass is 32.1.